The van der Waals surface area contributed by atoms with Gasteiger partial charge in [0.05, 0.1) is 5.41 Å². The number of esters is 1. The summed E-state index contributed by atoms with van der Waals surface area (Å²) in [6.07, 6.45) is 5.25. The molecule has 1 saturated heterocycles. The summed E-state index contributed by atoms with van der Waals surface area (Å²) in [5, 5.41) is 0. The quantitative estimate of drug-likeness (QED) is 0.388. The molecule has 0 radical (unpaired) electrons. The van der Waals surface area contributed by atoms with E-state index in [2.05, 4.69) is 12.2 Å². The number of hydrogen-bond donors (Lipinski definition) is 0. The van der Waals surface area contributed by atoms with E-state index in [1.54, 1.807) is 0 Å². The zero-order valence-corrected chi connectivity index (χ0v) is 6.83. The lowest BCUT2D eigenvalue weighted by Gasteiger charge is -2.17. The van der Waals surface area contributed by atoms with Gasteiger partial charge in [-0.05, 0) is 13.8 Å². The highest BCUT2D eigenvalue weighted by Gasteiger charge is 2.50. The van der Waals surface area contributed by atoms with E-state index >= 15 is 0 Å². The molecule has 2 aliphatic rings. The molecule has 60 valence electrons. The highest BCUT2D eigenvalue weighted by molar-refractivity contribution is 5.79. The topological polar surface area (TPSA) is 26.3 Å². The lowest BCUT2D eigenvalue weighted by Crippen LogP contribution is -2.25. The standard InChI is InChI=1S/C9H12O2/c1-9(2)6-4-3-5-7(6)11-8(9)10/h3-4,6-7H,5H2,1-2H3/t6-,7+/m0/s1. The Morgan fingerprint density at radius 3 is 3.00 bits per heavy atom. The van der Waals surface area contributed by atoms with Crippen LogP contribution in [0, 0.1) is 11.3 Å². The minimum absolute atomic E-state index is 0.0446. The van der Waals surface area contributed by atoms with Crippen molar-refractivity contribution < 1.29 is 9.53 Å². The maximum atomic E-state index is 11.3. The third kappa shape index (κ3) is 0.753. The van der Waals surface area contributed by atoms with Crippen LogP contribution < -0.4 is 0 Å². The Kier molecular flexibility index (Phi) is 1.17. The van der Waals surface area contributed by atoms with Gasteiger partial charge in [0.1, 0.15) is 6.10 Å². The average molecular weight is 152 g/mol. The van der Waals surface area contributed by atoms with Gasteiger partial charge in [-0.25, -0.2) is 0 Å². The van der Waals surface area contributed by atoms with Gasteiger partial charge in [-0.3, -0.25) is 4.79 Å². The first kappa shape index (κ1) is 6.89. The lowest BCUT2D eigenvalue weighted by atomic mass is 9.80. The number of carbonyl (C=O) groups excluding carboxylic acids is 1. The number of ether oxygens (including phenoxy) is 1. The average Bonchev–Trinajstić information content (AvgIpc) is 2.41. The Morgan fingerprint density at radius 1 is 1.64 bits per heavy atom. The van der Waals surface area contributed by atoms with Crippen molar-refractivity contribution in [3.05, 3.63) is 12.2 Å². The van der Waals surface area contributed by atoms with Crippen molar-refractivity contribution in [1.29, 1.82) is 0 Å². The van der Waals surface area contributed by atoms with E-state index in [9.17, 15) is 4.79 Å². The zero-order valence-electron chi connectivity index (χ0n) is 6.83. The van der Waals surface area contributed by atoms with Crippen molar-refractivity contribution >= 4 is 5.97 Å². The van der Waals surface area contributed by atoms with Gasteiger partial charge in [-0.2, -0.15) is 0 Å². The monoisotopic (exact) mass is 152 g/mol. The predicted octanol–water partition coefficient (Wildman–Crippen LogP) is 1.51. The van der Waals surface area contributed by atoms with Gasteiger partial charge < -0.3 is 4.74 Å². The van der Waals surface area contributed by atoms with Crippen molar-refractivity contribution in [2.24, 2.45) is 11.3 Å². The Morgan fingerprint density at radius 2 is 2.36 bits per heavy atom. The number of rotatable bonds is 0. The summed E-state index contributed by atoms with van der Waals surface area (Å²) >= 11 is 0. The molecule has 11 heavy (non-hydrogen) atoms. The van der Waals surface area contributed by atoms with Crippen molar-refractivity contribution in [2.75, 3.05) is 0 Å². The maximum absolute atomic E-state index is 11.3. The van der Waals surface area contributed by atoms with E-state index in [0.717, 1.165) is 6.42 Å². The van der Waals surface area contributed by atoms with Crippen LogP contribution in [0.1, 0.15) is 20.3 Å². The molecule has 2 heteroatoms. The van der Waals surface area contributed by atoms with E-state index in [1.807, 2.05) is 13.8 Å². The van der Waals surface area contributed by atoms with Crippen LogP contribution in [0.5, 0.6) is 0 Å². The van der Waals surface area contributed by atoms with E-state index in [1.165, 1.54) is 0 Å². The summed E-state index contributed by atoms with van der Waals surface area (Å²) in [7, 11) is 0. The molecule has 0 spiro atoms. The molecule has 1 aliphatic carbocycles. The van der Waals surface area contributed by atoms with Gasteiger partial charge in [0.2, 0.25) is 0 Å². The van der Waals surface area contributed by atoms with Crippen LogP contribution in [0.3, 0.4) is 0 Å². The van der Waals surface area contributed by atoms with Crippen LogP contribution in [0.2, 0.25) is 0 Å². The molecule has 0 aromatic carbocycles. The predicted molar refractivity (Wildman–Crippen MR) is 40.9 cm³/mol. The van der Waals surface area contributed by atoms with Gasteiger partial charge in [-0.15, -0.1) is 0 Å². The molecule has 0 N–H and O–H groups in total. The fraction of sp³-hybridized carbons (Fsp3) is 0.667. The van der Waals surface area contributed by atoms with Gasteiger partial charge >= 0.3 is 5.97 Å². The number of fused-ring (bicyclic) bond motifs is 1. The maximum Gasteiger partial charge on any atom is 0.312 e. The normalized spacial score (nSPS) is 38.9. The second-order valence-electron chi connectivity index (χ2n) is 3.86. The SMILES string of the molecule is CC1(C)C(=O)O[C@@H]2CC=C[C@@H]21. The fourth-order valence-electron chi connectivity index (χ4n) is 1.88. The molecule has 1 aliphatic heterocycles. The molecule has 0 bridgehead atoms. The molecule has 2 atom stereocenters. The van der Waals surface area contributed by atoms with E-state index in [4.69, 9.17) is 4.74 Å². The number of hydrogen-bond acceptors (Lipinski definition) is 2. The highest BCUT2D eigenvalue weighted by Crippen LogP contribution is 2.44. The smallest absolute Gasteiger partial charge is 0.312 e. The lowest BCUT2D eigenvalue weighted by molar-refractivity contribution is -0.147. The Labute approximate surface area is 66.2 Å². The highest BCUT2D eigenvalue weighted by atomic mass is 16.6. The van der Waals surface area contributed by atoms with E-state index < -0.39 is 0 Å². The first-order valence-corrected chi connectivity index (χ1v) is 4.00. The zero-order chi connectivity index (χ0) is 8.06. The van der Waals surface area contributed by atoms with Crippen molar-refractivity contribution in [3.8, 4) is 0 Å². The minimum Gasteiger partial charge on any atom is -0.461 e. The van der Waals surface area contributed by atoms with Crippen LogP contribution in [-0.4, -0.2) is 12.1 Å². The van der Waals surface area contributed by atoms with Crippen LogP contribution >= 0.6 is 0 Å². The molecule has 0 aromatic heterocycles. The Hall–Kier alpha value is -0.790. The summed E-state index contributed by atoms with van der Waals surface area (Å²) in [5.74, 6) is 0.270. The molecule has 2 rings (SSSR count). The molecule has 0 amide bonds. The molecule has 2 nitrogen and oxygen atoms in total. The largest absolute Gasteiger partial charge is 0.461 e. The van der Waals surface area contributed by atoms with Crippen LogP contribution in [0.15, 0.2) is 12.2 Å². The van der Waals surface area contributed by atoms with Gasteiger partial charge in [0.15, 0.2) is 0 Å². The molecule has 0 aromatic rings. The molecule has 0 unspecified atom stereocenters. The number of carbonyl (C=O) groups is 1. The second kappa shape index (κ2) is 1.87. The molecular formula is C9H12O2. The first-order valence-electron chi connectivity index (χ1n) is 4.00. The van der Waals surface area contributed by atoms with E-state index in [0.29, 0.717) is 5.92 Å². The third-order valence-electron chi connectivity index (χ3n) is 2.73. The molecule has 0 saturated carbocycles. The van der Waals surface area contributed by atoms with Crippen molar-refractivity contribution in [1.82, 2.24) is 0 Å². The molecule has 1 fully saturated rings. The molecular weight excluding hydrogens is 140 g/mol. The summed E-state index contributed by atoms with van der Waals surface area (Å²) in [6.45, 7) is 3.91. The Balaban J connectivity index is 2.34. The summed E-state index contributed by atoms with van der Waals surface area (Å²) < 4.78 is 5.20. The van der Waals surface area contributed by atoms with Gasteiger partial charge in [0.25, 0.3) is 0 Å². The van der Waals surface area contributed by atoms with Gasteiger partial charge in [-0.1, -0.05) is 12.2 Å². The van der Waals surface area contributed by atoms with Crippen molar-refractivity contribution in [3.63, 3.8) is 0 Å². The summed E-state index contributed by atoms with van der Waals surface area (Å²) in [6, 6.07) is 0. The minimum atomic E-state index is -0.294. The van der Waals surface area contributed by atoms with Crippen LogP contribution in [0.25, 0.3) is 0 Å². The molecule has 1 heterocycles. The van der Waals surface area contributed by atoms with E-state index in [-0.39, 0.29) is 17.5 Å². The van der Waals surface area contributed by atoms with Gasteiger partial charge in [0, 0.05) is 12.3 Å². The van der Waals surface area contributed by atoms with Crippen molar-refractivity contribution in [2.45, 2.75) is 26.4 Å². The van der Waals surface area contributed by atoms with Crippen LogP contribution in [0.4, 0.5) is 0 Å². The fourth-order valence-corrected chi connectivity index (χ4v) is 1.88. The second-order valence-corrected chi connectivity index (χ2v) is 3.86. The third-order valence-corrected chi connectivity index (χ3v) is 2.73. The summed E-state index contributed by atoms with van der Waals surface area (Å²) in [5.41, 5.74) is -0.294. The Bertz CT molecular complexity index is 228. The first-order chi connectivity index (χ1) is 5.12. The van der Waals surface area contributed by atoms with Crippen LogP contribution in [-0.2, 0) is 9.53 Å². The summed E-state index contributed by atoms with van der Waals surface area (Å²) in [4.78, 5) is 11.3.